The zero-order valence-electron chi connectivity index (χ0n) is 13.6. The van der Waals surface area contributed by atoms with Gasteiger partial charge in [-0.2, -0.15) is 0 Å². The first-order valence-electron chi connectivity index (χ1n) is 8.24. The number of aromatic nitrogens is 1. The van der Waals surface area contributed by atoms with Crippen molar-refractivity contribution in [3.05, 3.63) is 23.5 Å². The van der Waals surface area contributed by atoms with Gasteiger partial charge in [0, 0.05) is 41.3 Å². The van der Waals surface area contributed by atoms with Gasteiger partial charge in [-0.25, -0.2) is 0 Å². The minimum absolute atomic E-state index is 0.188. The highest BCUT2D eigenvalue weighted by molar-refractivity contribution is 8.77. The van der Waals surface area contributed by atoms with Gasteiger partial charge in [-0.1, -0.05) is 28.0 Å². The Morgan fingerprint density at radius 2 is 2.17 bits per heavy atom. The predicted octanol–water partition coefficient (Wildman–Crippen LogP) is 4.41. The number of nitrogens with one attached hydrogen (secondary N) is 1. The van der Waals surface area contributed by atoms with Gasteiger partial charge in [-0.15, -0.1) is 0 Å². The summed E-state index contributed by atoms with van der Waals surface area (Å²) >= 11 is 0. The molecule has 0 saturated carbocycles. The smallest absolute Gasteiger partial charge is 0.305 e. The van der Waals surface area contributed by atoms with E-state index in [2.05, 4.69) is 9.72 Å². The summed E-state index contributed by atoms with van der Waals surface area (Å²) in [5.74, 6) is 1.30. The van der Waals surface area contributed by atoms with Gasteiger partial charge in [-0.3, -0.25) is 9.59 Å². The Kier molecular flexibility index (Phi) is 8.09. The van der Waals surface area contributed by atoms with Crippen molar-refractivity contribution in [1.29, 1.82) is 0 Å². The van der Waals surface area contributed by atoms with Gasteiger partial charge in [0.25, 0.3) is 0 Å². The molecule has 1 aliphatic rings. The molecule has 6 heteroatoms. The van der Waals surface area contributed by atoms with Crippen molar-refractivity contribution in [3.8, 4) is 0 Å². The quantitative estimate of drug-likeness (QED) is 0.292. The number of ether oxygens (including phenoxy) is 1. The number of esters is 1. The summed E-state index contributed by atoms with van der Waals surface area (Å²) in [6.45, 7) is 0. The van der Waals surface area contributed by atoms with E-state index in [0.717, 1.165) is 42.2 Å². The molecule has 1 aliphatic heterocycles. The summed E-state index contributed by atoms with van der Waals surface area (Å²) < 4.78 is 4.62. The summed E-state index contributed by atoms with van der Waals surface area (Å²) in [6, 6.07) is 1.92. The molecule has 4 nitrogen and oxygen atoms in total. The van der Waals surface area contributed by atoms with Crippen LogP contribution in [0.25, 0.3) is 0 Å². The average Bonchev–Trinajstić information content (AvgIpc) is 3.23. The third-order valence-corrected chi connectivity index (χ3v) is 7.03. The molecule has 23 heavy (non-hydrogen) atoms. The van der Waals surface area contributed by atoms with E-state index in [9.17, 15) is 9.59 Å². The van der Waals surface area contributed by atoms with Gasteiger partial charge in [-0.05, 0) is 38.2 Å². The van der Waals surface area contributed by atoms with Crippen LogP contribution in [0.5, 0.6) is 0 Å². The van der Waals surface area contributed by atoms with E-state index < -0.39 is 0 Å². The van der Waals surface area contributed by atoms with Crippen LogP contribution in [0.15, 0.2) is 12.3 Å². The number of hydrogen-bond acceptors (Lipinski definition) is 5. The largest absolute Gasteiger partial charge is 0.469 e. The van der Waals surface area contributed by atoms with Gasteiger partial charge >= 0.3 is 5.97 Å². The van der Waals surface area contributed by atoms with E-state index in [1.807, 2.05) is 27.7 Å². The minimum Gasteiger partial charge on any atom is -0.469 e. The van der Waals surface area contributed by atoms with Crippen LogP contribution in [0.2, 0.25) is 0 Å². The molecular formula is C17H25NO3S2. The molecule has 1 aromatic heterocycles. The first-order chi connectivity index (χ1) is 11.2. The summed E-state index contributed by atoms with van der Waals surface area (Å²) in [4.78, 5) is 26.4. The third kappa shape index (κ3) is 6.63. The van der Waals surface area contributed by atoms with E-state index >= 15 is 0 Å². The number of ketones is 1. The number of aromatic amines is 1. The zero-order valence-corrected chi connectivity index (χ0v) is 15.3. The molecule has 0 bridgehead atoms. The predicted molar refractivity (Wildman–Crippen MR) is 97.0 cm³/mol. The molecule has 1 saturated heterocycles. The van der Waals surface area contributed by atoms with E-state index in [1.54, 1.807) is 6.20 Å². The second-order valence-electron chi connectivity index (χ2n) is 5.84. The molecule has 128 valence electrons. The van der Waals surface area contributed by atoms with Gasteiger partial charge in [0.2, 0.25) is 0 Å². The maximum atomic E-state index is 12.2. The molecular weight excluding hydrogens is 330 g/mol. The van der Waals surface area contributed by atoms with E-state index in [4.69, 9.17) is 0 Å². The van der Waals surface area contributed by atoms with Crippen molar-refractivity contribution < 1.29 is 14.3 Å². The van der Waals surface area contributed by atoms with Crippen LogP contribution in [0, 0.1) is 0 Å². The summed E-state index contributed by atoms with van der Waals surface area (Å²) in [6.07, 6.45) is 8.99. The van der Waals surface area contributed by atoms with E-state index in [0.29, 0.717) is 12.8 Å². The fraction of sp³-hybridized carbons (Fsp3) is 0.647. The number of carbonyl (C=O) groups is 2. The zero-order chi connectivity index (χ0) is 16.5. The monoisotopic (exact) mass is 355 g/mol. The third-order valence-electron chi connectivity index (χ3n) is 4.03. The second-order valence-corrected chi connectivity index (χ2v) is 8.63. The number of unbranched alkanes of at least 4 members (excludes halogenated alkanes) is 1. The van der Waals surface area contributed by atoms with Gasteiger partial charge in [0.05, 0.1) is 7.11 Å². The van der Waals surface area contributed by atoms with Crippen LogP contribution in [-0.4, -0.2) is 34.8 Å². The lowest BCUT2D eigenvalue weighted by molar-refractivity contribution is -0.140. The van der Waals surface area contributed by atoms with Gasteiger partial charge in [0.1, 0.15) is 0 Å². The number of hydrogen-bond donors (Lipinski definition) is 1. The Hall–Kier alpha value is -0.880. The number of rotatable bonds is 10. The van der Waals surface area contributed by atoms with Crippen LogP contribution in [0.3, 0.4) is 0 Å². The van der Waals surface area contributed by atoms with Crippen molar-refractivity contribution in [3.63, 3.8) is 0 Å². The molecule has 1 N–H and O–H groups in total. The molecule has 0 spiro atoms. The van der Waals surface area contributed by atoms with E-state index in [1.165, 1.54) is 25.7 Å². The Morgan fingerprint density at radius 3 is 2.91 bits per heavy atom. The normalized spacial score (nSPS) is 17.3. The molecule has 1 atom stereocenters. The first kappa shape index (κ1) is 18.5. The Morgan fingerprint density at radius 1 is 1.30 bits per heavy atom. The average molecular weight is 356 g/mol. The molecule has 1 unspecified atom stereocenters. The fourth-order valence-corrected chi connectivity index (χ4v) is 5.67. The second kappa shape index (κ2) is 10.1. The topological polar surface area (TPSA) is 59.2 Å². The number of Topliss-reactive ketones (excluding diaryl/α,β-unsaturated/α-hetero) is 1. The Balaban J connectivity index is 1.63. The highest BCUT2D eigenvalue weighted by atomic mass is 33.1. The van der Waals surface area contributed by atoms with Crippen LogP contribution >= 0.6 is 21.6 Å². The number of H-pyrrole nitrogens is 1. The number of methoxy groups -OCH3 is 1. The number of carbonyl (C=O) groups excluding carboxylic acids is 2. The molecule has 0 radical (unpaired) electrons. The van der Waals surface area contributed by atoms with Crippen LogP contribution in [0.4, 0.5) is 0 Å². The highest BCUT2D eigenvalue weighted by Crippen LogP contribution is 2.39. The molecule has 0 amide bonds. The Bertz CT molecular complexity index is 510. The minimum atomic E-state index is -0.188. The van der Waals surface area contributed by atoms with Crippen LogP contribution in [-0.2, 0) is 16.0 Å². The van der Waals surface area contributed by atoms with Crippen LogP contribution in [0.1, 0.15) is 61.0 Å². The van der Waals surface area contributed by atoms with Crippen LogP contribution < -0.4 is 0 Å². The molecule has 2 heterocycles. The van der Waals surface area contributed by atoms with Crippen molar-refractivity contribution in [2.45, 2.75) is 56.6 Å². The summed E-state index contributed by atoms with van der Waals surface area (Å²) in [7, 11) is 5.38. The molecule has 1 aromatic rings. The summed E-state index contributed by atoms with van der Waals surface area (Å²) in [5.41, 5.74) is 1.78. The SMILES string of the molecule is COC(=O)CCCc1cc(C(=O)CCCCC2CCSS2)c[nH]1. The lowest BCUT2D eigenvalue weighted by atomic mass is 10.0. The molecule has 0 aliphatic carbocycles. The van der Waals surface area contributed by atoms with Crippen molar-refractivity contribution in [2.75, 3.05) is 12.9 Å². The lowest BCUT2D eigenvalue weighted by Gasteiger charge is -2.05. The van der Waals surface area contributed by atoms with Crippen molar-refractivity contribution >= 4 is 33.3 Å². The molecule has 1 fully saturated rings. The molecule has 2 rings (SSSR count). The van der Waals surface area contributed by atoms with E-state index in [-0.39, 0.29) is 11.8 Å². The number of aryl methyl sites for hydroxylation is 1. The van der Waals surface area contributed by atoms with Gasteiger partial charge in [0.15, 0.2) is 5.78 Å². The maximum absolute atomic E-state index is 12.2. The maximum Gasteiger partial charge on any atom is 0.305 e. The van der Waals surface area contributed by atoms with Gasteiger partial charge < -0.3 is 9.72 Å². The first-order valence-corrected chi connectivity index (χ1v) is 10.6. The molecule has 0 aromatic carbocycles. The Labute approximate surface area is 145 Å². The lowest BCUT2D eigenvalue weighted by Crippen LogP contribution is -2.01. The highest BCUT2D eigenvalue weighted by Gasteiger charge is 2.16. The fourth-order valence-electron chi connectivity index (χ4n) is 2.64. The summed E-state index contributed by atoms with van der Waals surface area (Å²) in [5, 5.41) is 0.795. The van der Waals surface area contributed by atoms with Crippen molar-refractivity contribution in [2.24, 2.45) is 0 Å². The standard InChI is InChI=1S/C17H25NO3S2/c1-21-17(20)8-4-5-14-11-13(12-18-14)16(19)7-3-2-6-15-9-10-22-23-15/h11-12,15,18H,2-10H2,1H3. The van der Waals surface area contributed by atoms with Crippen molar-refractivity contribution in [1.82, 2.24) is 4.98 Å².